The molecule has 2 aromatic rings. The summed E-state index contributed by atoms with van der Waals surface area (Å²) in [5.41, 5.74) is 1.36. The number of nitrogens with zero attached hydrogens (tertiary/aromatic N) is 4. The first-order valence-electron chi connectivity index (χ1n) is 4.99. The number of tetrazole rings is 1. The van der Waals surface area contributed by atoms with E-state index in [2.05, 4.69) is 20.8 Å². The third-order valence-corrected chi connectivity index (χ3v) is 2.28. The molecule has 1 amide bonds. The SMILES string of the molecule is O=C(CCCl)Nc1ccccc1-n1cnnn1. The molecule has 0 bridgehead atoms. The lowest BCUT2D eigenvalue weighted by Crippen LogP contribution is -2.13. The summed E-state index contributed by atoms with van der Waals surface area (Å²) < 4.78 is 1.48. The highest BCUT2D eigenvalue weighted by atomic mass is 35.5. The van der Waals surface area contributed by atoms with Gasteiger partial charge in [-0.2, -0.15) is 4.68 Å². The molecule has 1 heterocycles. The van der Waals surface area contributed by atoms with Gasteiger partial charge in [0, 0.05) is 12.3 Å². The first-order chi connectivity index (χ1) is 8.31. The number of anilines is 1. The van der Waals surface area contributed by atoms with E-state index in [1.807, 2.05) is 18.2 Å². The Kier molecular flexibility index (Phi) is 3.66. The fourth-order valence-electron chi connectivity index (χ4n) is 1.35. The molecular formula is C10H10ClN5O. The lowest BCUT2D eigenvalue weighted by molar-refractivity contribution is -0.115. The molecule has 0 aliphatic heterocycles. The van der Waals surface area contributed by atoms with E-state index in [1.165, 1.54) is 11.0 Å². The van der Waals surface area contributed by atoms with Crippen LogP contribution >= 0.6 is 11.6 Å². The molecule has 1 N–H and O–H groups in total. The third kappa shape index (κ3) is 2.79. The quantitative estimate of drug-likeness (QED) is 0.830. The average Bonchev–Trinajstić information content (AvgIpc) is 2.83. The Balaban J connectivity index is 2.25. The topological polar surface area (TPSA) is 72.7 Å². The fourth-order valence-corrected chi connectivity index (χ4v) is 1.52. The number of nitrogens with one attached hydrogen (secondary N) is 1. The minimum absolute atomic E-state index is 0.138. The van der Waals surface area contributed by atoms with Gasteiger partial charge in [0.05, 0.1) is 11.4 Å². The van der Waals surface area contributed by atoms with Gasteiger partial charge < -0.3 is 5.32 Å². The Bertz CT molecular complexity index is 499. The van der Waals surface area contributed by atoms with Crippen molar-refractivity contribution in [3.05, 3.63) is 30.6 Å². The molecule has 0 radical (unpaired) electrons. The summed E-state index contributed by atoms with van der Waals surface area (Å²) in [6.45, 7) is 0. The standard InChI is InChI=1S/C10H10ClN5O/c11-6-5-10(17)13-8-3-1-2-4-9(8)16-7-12-14-15-16/h1-4,7H,5-6H2,(H,13,17). The molecule has 6 nitrogen and oxygen atoms in total. The highest BCUT2D eigenvalue weighted by molar-refractivity contribution is 6.19. The number of rotatable bonds is 4. The number of carbonyl (C=O) groups excluding carboxylic acids is 1. The molecule has 0 saturated carbocycles. The van der Waals surface area contributed by atoms with Crippen LogP contribution in [-0.4, -0.2) is 32.0 Å². The Morgan fingerprint density at radius 3 is 2.94 bits per heavy atom. The number of hydrogen-bond acceptors (Lipinski definition) is 4. The number of aromatic nitrogens is 4. The van der Waals surface area contributed by atoms with Crippen molar-refractivity contribution in [3.63, 3.8) is 0 Å². The van der Waals surface area contributed by atoms with Crippen LogP contribution in [0.5, 0.6) is 0 Å². The second kappa shape index (κ2) is 5.40. The maximum Gasteiger partial charge on any atom is 0.225 e. The van der Waals surface area contributed by atoms with E-state index in [4.69, 9.17) is 11.6 Å². The third-order valence-electron chi connectivity index (χ3n) is 2.10. The lowest BCUT2D eigenvalue weighted by atomic mass is 10.2. The number of carbonyl (C=O) groups is 1. The van der Waals surface area contributed by atoms with Crippen molar-refractivity contribution < 1.29 is 4.79 Å². The van der Waals surface area contributed by atoms with Crippen molar-refractivity contribution in [2.45, 2.75) is 6.42 Å². The van der Waals surface area contributed by atoms with E-state index in [1.54, 1.807) is 6.07 Å². The van der Waals surface area contributed by atoms with Gasteiger partial charge in [-0.15, -0.1) is 16.7 Å². The summed E-state index contributed by atoms with van der Waals surface area (Å²) in [5.74, 6) is 0.152. The van der Waals surface area contributed by atoms with E-state index in [0.717, 1.165) is 0 Å². The molecule has 0 atom stereocenters. The second-order valence-corrected chi connectivity index (χ2v) is 3.64. The van der Waals surface area contributed by atoms with Crippen LogP contribution in [0, 0.1) is 0 Å². The highest BCUT2D eigenvalue weighted by Gasteiger charge is 2.08. The lowest BCUT2D eigenvalue weighted by Gasteiger charge is -2.09. The van der Waals surface area contributed by atoms with Gasteiger partial charge in [-0.05, 0) is 22.6 Å². The smallest absolute Gasteiger partial charge is 0.225 e. The van der Waals surface area contributed by atoms with Crippen molar-refractivity contribution in [1.82, 2.24) is 20.2 Å². The van der Waals surface area contributed by atoms with Crippen molar-refractivity contribution in [2.75, 3.05) is 11.2 Å². The van der Waals surface area contributed by atoms with E-state index in [-0.39, 0.29) is 12.3 Å². The highest BCUT2D eigenvalue weighted by Crippen LogP contribution is 2.18. The minimum atomic E-state index is -0.138. The summed E-state index contributed by atoms with van der Waals surface area (Å²) in [4.78, 5) is 11.5. The molecule has 0 unspecified atom stereocenters. The van der Waals surface area contributed by atoms with E-state index < -0.39 is 0 Å². The van der Waals surface area contributed by atoms with Crippen LogP contribution in [-0.2, 0) is 4.79 Å². The van der Waals surface area contributed by atoms with Crippen molar-refractivity contribution >= 4 is 23.2 Å². The van der Waals surface area contributed by atoms with Crippen LogP contribution in [0.1, 0.15) is 6.42 Å². The Morgan fingerprint density at radius 2 is 2.24 bits per heavy atom. The second-order valence-electron chi connectivity index (χ2n) is 3.26. The van der Waals surface area contributed by atoms with Gasteiger partial charge >= 0.3 is 0 Å². The van der Waals surface area contributed by atoms with E-state index in [0.29, 0.717) is 17.3 Å². The van der Waals surface area contributed by atoms with Crippen LogP contribution in [0.2, 0.25) is 0 Å². The molecule has 1 aromatic carbocycles. The molecule has 1 aromatic heterocycles. The molecule has 2 rings (SSSR count). The van der Waals surface area contributed by atoms with E-state index >= 15 is 0 Å². The molecule has 0 fully saturated rings. The van der Waals surface area contributed by atoms with E-state index in [9.17, 15) is 4.79 Å². The molecule has 0 spiro atoms. The van der Waals surface area contributed by atoms with Gasteiger partial charge in [0.1, 0.15) is 6.33 Å². The van der Waals surface area contributed by atoms with Gasteiger partial charge in [0.15, 0.2) is 0 Å². The maximum atomic E-state index is 11.5. The predicted molar refractivity (Wildman–Crippen MR) is 63.1 cm³/mol. The number of benzene rings is 1. The van der Waals surface area contributed by atoms with Gasteiger partial charge in [-0.25, -0.2) is 0 Å². The van der Waals surface area contributed by atoms with Gasteiger partial charge in [0.2, 0.25) is 5.91 Å². The summed E-state index contributed by atoms with van der Waals surface area (Å²) in [5, 5.41) is 13.6. The minimum Gasteiger partial charge on any atom is -0.324 e. The Hall–Kier alpha value is -1.95. The number of para-hydroxylation sites is 2. The van der Waals surface area contributed by atoms with Crippen LogP contribution in [0.15, 0.2) is 30.6 Å². The van der Waals surface area contributed by atoms with Crippen LogP contribution in [0.4, 0.5) is 5.69 Å². The van der Waals surface area contributed by atoms with Crippen LogP contribution in [0.3, 0.4) is 0 Å². The van der Waals surface area contributed by atoms with Crippen LogP contribution in [0.25, 0.3) is 5.69 Å². The average molecular weight is 252 g/mol. The van der Waals surface area contributed by atoms with Gasteiger partial charge in [0.25, 0.3) is 0 Å². The van der Waals surface area contributed by atoms with Crippen molar-refractivity contribution in [2.24, 2.45) is 0 Å². The zero-order valence-electron chi connectivity index (χ0n) is 8.88. The predicted octanol–water partition coefficient (Wildman–Crippen LogP) is 1.23. The summed E-state index contributed by atoms with van der Waals surface area (Å²) >= 11 is 5.50. The summed E-state index contributed by atoms with van der Waals surface area (Å²) in [7, 11) is 0. The Morgan fingerprint density at radius 1 is 1.41 bits per heavy atom. The first-order valence-corrected chi connectivity index (χ1v) is 5.53. The molecule has 17 heavy (non-hydrogen) atoms. The molecule has 7 heteroatoms. The van der Waals surface area contributed by atoms with Crippen molar-refractivity contribution in [1.29, 1.82) is 0 Å². The molecule has 0 saturated heterocycles. The Labute approximate surface area is 103 Å². The number of alkyl halides is 1. The largest absolute Gasteiger partial charge is 0.324 e. The zero-order valence-corrected chi connectivity index (χ0v) is 9.63. The van der Waals surface area contributed by atoms with Crippen LogP contribution < -0.4 is 5.32 Å². The normalized spacial score (nSPS) is 10.2. The monoisotopic (exact) mass is 251 g/mol. The summed E-state index contributed by atoms with van der Waals surface area (Å²) in [6.07, 6.45) is 1.73. The molecule has 0 aliphatic rings. The molecule has 0 aliphatic carbocycles. The number of halogens is 1. The zero-order chi connectivity index (χ0) is 12.1. The molecular weight excluding hydrogens is 242 g/mol. The number of amides is 1. The fraction of sp³-hybridized carbons (Fsp3) is 0.200. The molecule has 88 valence electrons. The van der Waals surface area contributed by atoms with Gasteiger partial charge in [-0.3, -0.25) is 4.79 Å². The summed E-state index contributed by atoms with van der Waals surface area (Å²) in [6, 6.07) is 7.26. The number of hydrogen-bond donors (Lipinski definition) is 1. The van der Waals surface area contributed by atoms with Crippen molar-refractivity contribution in [3.8, 4) is 5.69 Å². The first kappa shape index (κ1) is 11.5. The van der Waals surface area contributed by atoms with Gasteiger partial charge in [-0.1, -0.05) is 12.1 Å². The maximum absolute atomic E-state index is 11.5.